The first-order chi connectivity index (χ1) is 9.17. The molecular weight excluding hydrogens is 278 g/mol. The molecule has 0 bridgehead atoms. The van der Waals surface area contributed by atoms with Gasteiger partial charge in [-0.2, -0.15) is 11.8 Å². The number of hydrogen-bond acceptors (Lipinski definition) is 2. The van der Waals surface area contributed by atoms with E-state index in [9.17, 15) is 0 Å². The monoisotopic (exact) mass is 299 g/mol. The van der Waals surface area contributed by atoms with Crippen molar-refractivity contribution in [3.05, 3.63) is 34.9 Å². The van der Waals surface area contributed by atoms with Gasteiger partial charge in [0.25, 0.3) is 0 Å². The molecule has 5 heteroatoms. The summed E-state index contributed by atoms with van der Waals surface area (Å²) in [5.74, 6) is 1.98. The molecule has 1 N–H and O–H groups in total. The van der Waals surface area contributed by atoms with Gasteiger partial charge in [0, 0.05) is 30.9 Å². The molecule has 106 valence electrons. The number of nitrogens with one attached hydrogen (secondary N) is 1. The molecule has 0 spiro atoms. The van der Waals surface area contributed by atoms with Crippen molar-refractivity contribution in [2.75, 3.05) is 32.1 Å². The first-order valence-electron chi connectivity index (χ1n) is 6.40. The van der Waals surface area contributed by atoms with E-state index < -0.39 is 0 Å². The van der Waals surface area contributed by atoms with E-state index in [4.69, 9.17) is 11.6 Å². The Morgan fingerprint density at radius 2 is 2.26 bits per heavy atom. The molecule has 1 rings (SSSR count). The maximum Gasteiger partial charge on any atom is 0.193 e. The molecule has 1 aromatic carbocycles. The summed E-state index contributed by atoms with van der Waals surface area (Å²) >= 11 is 7.81. The lowest BCUT2D eigenvalue weighted by Crippen LogP contribution is -2.38. The molecule has 0 aliphatic rings. The van der Waals surface area contributed by atoms with E-state index in [1.165, 1.54) is 5.56 Å². The molecule has 0 unspecified atom stereocenters. The standard InChI is InChI=1S/C14H22ClN3S/c1-4-16-14(17-8-9-19-3)18(2)11-12-6-5-7-13(15)10-12/h5-7,10H,4,8-9,11H2,1-3H3,(H,16,17). The quantitative estimate of drug-likeness (QED) is 0.497. The summed E-state index contributed by atoms with van der Waals surface area (Å²) in [5.41, 5.74) is 1.19. The highest BCUT2D eigenvalue weighted by atomic mass is 35.5. The third-order valence-electron chi connectivity index (χ3n) is 2.56. The Balaban J connectivity index is 2.65. The fraction of sp³-hybridized carbons (Fsp3) is 0.500. The lowest BCUT2D eigenvalue weighted by molar-refractivity contribution is 0.477. The maximum atomic E-state index is 6.00. The van der Waals surface area contributed by atoms with E-state index >= 15 is 0 Å². The minimum absolute atomic E-state index is 0.773. The predicted molar refractivity (Wildman–Crippen MR) is 87.3 cm³/mol. The SMILES string of the molecule is CCNC(=NCCSC)N(C)Cc1cccc(Cl)c1. The molecule has 0 aliphatic carbocycles. The van der Waals surface area contributed by atoms with Crippen LogP contribution in [0.3, 0.4) is 0 Å². The van der Waals surface area contributed by atoms with Crippen LogP contribution in [0.15, 0.2) is 29.3 Å². The smallest absolute Gasteiger partial charge is 0.193 e. The predicted octanol–water partition coefficient (Wildman–Crippen LogP) is 3.10. The molecular formula is C14H22ClN3S. The Morgan fingerprint density at radius 3 is 2.89 bits per heavy atom. The normalized spacial score (nSPS) is 11.5. The van der Waals surface area contributed by atoms with Gasteiger partial charge in [-0.25, -0.2) is 0 Å². The summed E-state index contributed by atoms with van der Waals surface area (Å²) in [6, 6.07) is 7.93. The van der Waals surface area contributed by atoms with Crippen molar-refractivity contribution in [2.24, 2.45) is 4.99 Å². The number of rotatable bonds is 6. The largest absolute Gasteiger partial charge is 0.357 e. The second-order valence-electron chi connectivity index (χ2n) is 4.21. The molecule has 0 aliphatic heterocycles. The van der Waals surface area contributed by atoms with Crippen molar-refractivity contribution < 1.29 is 0 Å². The van der Waals surface area contributed by atoms with Gasteiger partial charge in [0.2, 0.25) is 0 Å². The highest BCUT2D eigenvalue weighted by Crippen LogP contribution is 2.12. The first kappa shape index (κ1) is 16.2. The third kappa shape index (κ3) is 6.21. The van der Waals surface area contributed by atoms with Gasteiger partial charge in [-0.1, -0.05) is 23.7 Å². The number of benzene rings is 1. The van der Waals surface area contributed by atoms with Crippen LogP contribution in [0, 0.1) is 0 Å². The number of thioether (sulfide) groups is 1. The van der Waals surface area contributed by atoms with E-state index in [-0.39, 0.29) is 0 Å². The van der Waals surface area contributed by atoms with Gasteiger partial charge in [0.05, 0.1) is 6.54 Å². The van der Waals surface area contributed by atoms with Crippen molar-refractivity contribution in [2.45, 2.75) is 13.5 Å². The van der Waals surface area contributed by atoms with Crippen molar-refractivity contribution in [3.63, 3.8) is 0 Å². The molecule has 19 heavy (non-hydrogen) atoms. The van der Waals surface area contributed by atoms with Gasteiger partial charge in [0.1, 0.15) is 0 Å². The van der Waals surface area contributed by atoms with Crippen LogP contribution < -0.4 is 5.32 Å². The van der Waals surface area contributed by atoms with Crippen molar-refractivity contribution in [3.8, 4) is 0 Å². The van der Waals surface area contributed by atoms with Gasteiger partial charge in [0.15, 0.2) is 5.96 Å². The molecule has 0 heterocycles. The molecule has 1 aromatic rings. The van der Waals surface area contributed by atoms with E-state index in [1.54, 1.807) is 0 Å². The summed E-state index contributed by atoms with van der Waals surface area (Å²) in [6.07, 6.45) is 2.10. The fourth-order valence-corrected chi connectivity index (χ4v) is 2.18. The summed E-state index contributed by atoms with van der Waals surface area (Å²) in [5, 5.41) is 4.08. The molecule has 0 amide bonds. The Morgan fingerprint density at radius 1 is 1.47 bits per heavy atom. The molecule has 0 saturated carbocycles. The number of guanidine groups is 1. The van der Waals surface area contributed by atoms with Crippen LogP contribution in [0.2, 0.25) is 5.02 Å². The van der Waals surface area contributed by atoms with Gasteiger partial charge >= 0.3 is 0 Å². The van der Waals surface area contributed by atoms with Crippen LogP contribution in [-0.2, 0) is 6.54 Å². The highest BCUT2D eigenvalue weighted by Gasteiger charge is 2.06. The Labute approximate surface area is 125 Å². The second-order valence-corrected chi connectivity index (χ2v) is 5.64. The number of halogens is 1. The van der Waals surface area contributed by atoms with Crippen LogP contribution >= 0.6 is 23.4 Å². The zero-order valence-electron chi connectivity index (χ0n) is 11.8. The molecule has 0 atom stereocenters. The topological polar surface area (TPSA) is 27.6 Å². The zero-order chi connectivity index (χ0) is 14.1. The zero-order valence-corrected chi connectivity index (χ0v) is 13.4. The highest BCUT2D eigenvalue weighted by molar-refractivity contribution is 7.98. The Bertz CT molecular complexity index is 409. The van der Waals surface area contributed by atoms with E-state index in [1.807, 2.05) is 37.0 Å². The van der Waals surface area contributed by atoms with E-state index in [2.05, 4.69) is 34.5 Å². The summed E-state index contributed by atoms with van der Waals surface area (Å²) < 4.78 is 0. The molecule has 0 saturated heterocycles. The van der Waals surface area contributed by atoms with Crippen molar-refractivity contribution >= 4 is 29.3 Å². The molecule has 0 radical (unpaired) electrons. The average Bonchev–Trinajstić information content (AvgIpc) is 2.38. The molecule has 0 fully saturated rings. The van der Waals surface area contributed by atoms with E-state index in [0.717, 1.165) is 36.4 Å². The first-order valence-corrected chi connectivity index (χ1v) is 8.17. The van der Waals surface area contributed by atoms with Crippen LogP contribution in [0.25, 0.3) is 0 Å². The second kappa shape index (κ2) is 9.10. The number of aliphatic imine (C=N–C) groups is 1. The molecule has 0 aromatic heterocycles. The third-order valence-corrected chi connectivity index (χ3v) is 3.39. The lowest BCUT2D eigenvalue weighted by atomic mass is 10.2. The lowest BCUT2D eigenvalue weighted by Gasteiger charge is -2.22. The van der Waals surface area contributed by atoms with Crippen LogP contribution in [0.1, 0.15) is 12.5 Å². The van der Waals surface area contributed by atoms with Gasteiger partial charge in [-0.05, 0) is 30.9 Å². The Kier molecular flexibility index (Phi) is 7.75. The summed E-state index contributed by atoms with van der Waals surface area (Å²) in [7, 11) is 2.04. The van der Waals surface area contributed by atoms with Gasteiger partial charge < -0.3 is 10.2 Å². The van der Waals surface area contributed by atoms with Gasteiger partial charge in [-0.3, -0.25) is 4.99 Å². The molecule has 3 nitrogen and oxygen atoms in total. The van der Waals surface area contributed by atoms with Crippen LogP contribution in [0.4, 0.5) is 0 Å². The van der Waals surface area contributed by atoms with E-state index in [0.29, 0.717) is 0 Å². The van der Waals surface area contributed by atoms with Crippen LogP contribution in [-0.4, -0.2) is 43.0 Å². The minimum atomic E-state index is 0.773. The summed E-state index contributed by atoms with van der Waals surface area (Å²) in [6.45, 7) is 4.59. The minimum Gasteiger partial charge on any atom is -0.357 e. The Hall–Kier alpha value is -0.870. The fourth-order valence-electron chi connectivity index (χ4n) is 1.70. The van der Waals surface area contributed by atoms with Gasteiger partial charge in [-0.15, -0.1) is 0 Å². The number of hydrogen-bond donors (Lipinski definition) is 1. The maximum absolute atomic E-state index is 6.00. The summed E-state index contributed by atoms with van der Waals surface area (Å²) in [4.78, 5) is 6.72. The average molecular weight is 300 g/mol. The van der Waals surface area contributed by atoms with Crippen LogP contribution in [0.5, 0.6) is 0 Å². The number of nitrogens with zero attached hydrogens (tertiary/aromatic N) is 2. The van der Waals surface area contributed by atoms with Crippen molar-refractivity contribution in [1.29, 1.82) is 0 Å². The van der Waals surface area contributed by atoms with Crippen molar-refractivity contribution in [1.82, 2.24) is 10.2 Å².